The van der Waals surface area contributed by atoms with Crippen LogP contribution in [0.5, 0.6) is 0 Å². The SMILES string of the molecule is C=CCCC(=O)NC[C@H](C)OC(=O)[C@@H]1[C@H]2O[C@@]3(CC2Br)[C@H](C(=O)N(CC=C)c2cc(C)ccc2C)N([C@@H](CO)CC(C)C)C(=O)[C@@H]13. The second-order valence-electron chi connectivity index (χ2n) is 13.3. The number of fused-ring (bicyclic) bond motifs is 1. The second-order valence-corrected chi connectivity index (χ2v) is 14.5. The van der Waals surface area contributed by atoms with Crippen LogP contribution in [0.2, 0.25) is 0 Å². The van der Waals surface area contributed by atoms with Crippen LogP contribution in [0, 0.1) is 31.6 Å². The minimum atomic E-state index is -1.32. The monoisotopic (exact) mass is 701 g/mol. The molecule has 10 nitrogen and oxygen atoms in total. The van der Waals surface area contributed by atoms with E-state index in [1.165, 1.54) is 4.90 Å². The Bertz CT molecular complexity index is 1350. The molecule has 46 heavy (non-hydrogen) atoms. The van der Waals surface area contributed by atoms with Gasteiger partial charge in [0, 0.05) is 23.5 Å². The maximum absolute atomic E-state index is 14.9. The number of nitrogens with zero attached hydrogens (tertiary/aromatic N) is 2. The molecule has 3 fully saturated rings. The Morgan fingerprint density at radius 1 is 1.24 bits per heavy atom. The quantitative estimate of drug-likeness (QED) is 0.161. The molecule has 4 rings (SSSR count). The molecule has 1 spiro atoms. The van der Waals surface area contributed by atoms with Crippen molar-refractivity contribution < 1.29 is 33.8 Å². The summed E-state index contributed by atoms with van der Waals surface area (Å²) in [7, 11) is 0. The van der Waals surface area contributed by atoms with Crippen LogP contribution in [0.15, 0.2) is 43.5 Å². The Kier molecular flexibility index (Phi) is 11.5. The largest absolute Gasteiger partial charge is 0.460 e. The van der Waals surface area contributed by atoms with Crippen molar-refractivity contribution in [2.45, 2.75) is 95.0 Å². The molecule has 0 radical (unpaired) electrons. The Morgan fingerprint density at radius 2 is 1.96 bits per heavy atom. The molecule has 3 heterocycles. The number of aliphatic hydroxyl groups is 1. The van der Waals surface area contributed by atoms with Gasteiger partial charge in [0.05, 0.1) is 37.1 Å². The highest BCUT2D eigenvalue weighted by molar-refractivity contribution is 9.09. The molecule has 8 atom stereocenters. The number of alkyl halides is 1. The van der Waals surface area contributed by atoms with Crippen molar-refractivity contribution in [2.24, 2.45) is 17.8 Å². The van der Waals surface area contributed by atoms with Gasteiger partial charge in [-0.05, 0) is 63.1 Å². The fraction of sp³-hybridized carbons (Fsp3) is 0.600. The standard InChI is InChI=1S/C35H48BrN3O7/c1-8-10-11-27(41)37-18-23(7)45-34(44)28-29-32(42)39(24(19-40)15-20(3)4)31(35(29)17-25(36)30(28)46-35)33(43)38(14-9-2)26-16-21(5)12-13-22(26)6/h8-9,12-13,16,20,23-25,28-31,40H,1-2,10-11,14-15,17-19H2,3-7H3,(H,37,41)/t23-,24+,25?,28-,29+,30-,31-,35+/m0/s1. The van der Waals surface area contributed by atoms with Crippen molar-refractivity contribution in [3.05, 3.63) is 54.6 Å². The van der Waals surface area contributed by atoms with Gasteiger partial charge in [-0.3, -0.25) is 19.2 Å². The first-order chi connectivity index (χ1) is 21.8. The van der Waals surface area contributed by atoms with Gasteiger partial charge in [-0.25, -0.2) is 0 Å². The van der Waals surface area contributed by atoms with E-state index >= 15 is 0 Å². The lowest BCUT2D eigenvalue weighted by Crippen LogP contribution is -2.59. The molecule has 1 aromatic carbocycles. The number of anilines is 1. The number of likely N-dealkylation sites (tertiary alicyclic amines) is 1. The van der Waals surface area contributed by atoms with E-state index in [2.05, 4.69) is 34.4 Å². The number of nitrogens with one attached hydrogen (secondary N) is 1. The number of amides is 3. The van der Waals surface area contributed by atoms with Gasteiger partial charge in [-0.1, -0.05) is 54.1 Å². The van der Waals surface area contributed by atoms with Crippen molar-refractivity contribution in [1.82, 2.24) is 10.2 Å². The second kappa shape index (κ2) is 14.8. The fourth-order valence-electron chi connectivity index (χ4n) is 7.32. The lowest BCUT2D eigenvalue weighted by molar-refractivity contribution is -0.159. The zero-order valence-corrected chi connectivity index (χ0v) is 29.1. The minimum absolute atomic E-state index is 0.113. The van der Waals surface area contributed by atoms with E-state index in [1.54, 1.807) is 24.0 Å². The first kappa shape index (κ1) is 35.8. The van der Waals surface area contributed by atoms with E-state index in [1.807, 2.05) is 45.9 Å². The number of carbonyl (C=O) groups excluding carboxylic acids is 4. The van der Waals surface area contributed by atoms with E-state index in [4.69, 9.17) is 9.47 Å². The number of esters is 1. The van der Waals surface area contributed by atoms with E-state index < -0.39 is 53.6 Å². The summed E-state index contributed by atoms with van der Waals surface area (Å²) in [6.07, 6.45) is 3.55. The van der Waals surface area contributed by atoms with Crippen molar-refractivity contribution in [1.29, 1.82) is 0 Å². The van der Waals surface area contributed by atoms with Gasteiger partial charge in [-0.2, -0.15) is 0 Å². The van der Waals surface area contributed by atoms with Crippen molar-refractivity contribution in [3.63, 3.8) is 0 Å². The smallest absolute Gasteiger partial charge is 0.312 e. The highest BCUT2D eigenvalue weighted by atomic mass is 79.9. The molecule has 0 saturated carbocycles. The average molecular weight is 703 g/mol. The van der Waals surface area contributed by atoms with Crippen LogP contribution in [-0.4, -0.2) is 88.1 Å². The van der Waals surface area contributed by atoms with Crippen LogP contribution in [-0.2, 0) is 28.7 Å². The number of carbonyl (C=O) groups is 4. The molecule has 2 N–H and O–H groups in total. The number of hydrogen-bond acceptors (Lipinski definition) is 7. The third-order valence-corrected chi connectivity index (χ3v) is 10.1. The third kappa shape index (κ3) is 6.82. The first-order valence-corrected chi connectivity index (χ1v) is 17.0. The summed E-state index contributed by atoms with van der Waals surface area (Å²) in [5.41, 5.74) is 1.23. The van der Waals surface area contributed by atoms with Crippen LogP contribution in [0.3, 0.4) is 0 Å². The van der Waals surface area contributed by atoms with Gasteiger partial charge in [0.25, 0.3) is 5.91 Å². The maximum atomic E-state index is 14.9. The molecule has 0 aliphatic carbocycles. The average Bonchev–Trinajstić information content (AvgIpc) is 3.60. The fourth-order valence-corrected chi connectivity index (χ4v) is 8.26. The molecule has 1 unspecified atom stereocenters. The van der Waals surface area contributed by atoms with E-state index in [-0.39, 0.29) is 48.7 Å². The molecule has 3 saturated heterocycles. The summed E-state index contributed by atoms with van der Waals surface area (Å²) in [5.74, 6) is -3.38. The molecule has 3 aliphatic rings. The number of rotatable bonds is 15. The highest BCUT2D eigenvalue weighted by Crippen LogP contribution is 2.61. The molecule has 1 aromatic rings. The normalized spacial score (nSPS) is 27.7. The molecule has 252 valence electrons. The molecule has 11 heteroatoms. The number of ether oxygens (including phenoxy) is 2. The van der Waals surface area contributed by atoms with Crippen molar-refractivity contribution in [3.8, 4) is 0 Å². The minimum Gasteiger partial charge on any atom is -0.460 e. The lowest BCUT2D eigenvalue weighted by Gasteiger charge is -2.40. The van der Waals surface area contributed by atoms with Crippen LogP contribution in [0.4, 0.5) is 5.69 Å². The molecule has 3 aliphatic heterocycles. The maximum Gasteiger partial charge on any atom is 0.312 e. The van der Waals surface area contributed by atoms with E-state index in [9.17, 15) is 24.3 Å². The van der Waals surface area contributed by atoms with Gasteiger partial charge in [0.15, 0.2) is 0 Å². The summed E-state index contributed by atoms with van der Waals surface area (Å²) in [6.45, 7) is 17.0. The van der Waals surface area contributed by atoms with Gasteiger partial charge in [0.2, 0.25) is 11.8 Å². The number of aliphatic hydroxyl groups excluding tert-OH is 1. The first-order valence-electron chi connectivity index (χ1n) is 16.1. The number of aryl methyl sites for hydroxylation is 2. The number of allylic oxidation sites excluding steroid dienone is 1. The number of hydrogen-bond donors (Lipinski definition) is 2. The van der Waals surface area contributed by atoms with Crippen LogP contribution < -0.4 is 10.2 Å². The molecular weight excluding hydrogens is 654 g/mol. The molecule has 0 aromatic heterocycles. The zero-order chi connectivity index (χ0) is 33.9. The summed E-state index contributed by atoms with van der Waals surface area (Å²) in [5, 5.41) is 13.4. The summed E-state index contributed by atoms with van der Waals surface area (Å²) < 4.78 is 12.5. The number of halogens is 1. The van der Waals surface area contributed by atoms with E-state index in [0.29, 0.717) is 24.9 Å². The predicted octanol–water partition coefficient (Wildman–Crippen LogP) is 3.99. The third-order valence-electron chi connectivity index (χ3n) is 9.29. The van der Waals surface area contributed by atoms with Gasteiger partial charge >= 0.3 is 5.97 Å². The Labute approximate surface area is 280 Å². The van der Waals surface area contributed by atoms with Crippen LogP contribution in [0.25, 0.3) is 0 Å². The van der Waals surface area contributed by atoms with E-state index in [0.717, 1.165) is 11.1 Å². The summed E-state index contributed by atoms with van der Waals surface area (Å²) in [4.78, 5) is 58.3. The summed E-state index contributed by atoms with van der Waals surface area (Å²) >= 11 is 3.70. The van der Waals surface area contributed by atoms with Gasteiger partial charge in [-0.15, -0.1) is 13.2 Å². The Hall–Kier alpha value is -3.02. The topological polar surface area (TPSA) is 125 Å². The number of benzene rings is 1. The molecule has 2 bridgehead atoms. The van der Waals surface area contributed by atoms with Crippen LogP contribution in [0.1, 0.15) is 57.6 Å². The molecule has 3 amide bonds. The van der Waals surface area contributed by atoms with Gasteiger partial charge in [0.1, 0.15) is 17.7 Å². The summed E-state index contributed by atoms with van der Waals surface area (Å²) in [6, 6.07) is 4.10. The van der Waals surface area contributed by atoms with Crippen LogP contribution >= 0.6 is 15.9 Å². The highest BCUT2D eigenvalue weighted by Gasteiger charge is 2.77. The molecular formula is C35H48BrN3O7. The lowest BCUT2D eigenvalue weighted by atomic mass is 9.70. The predicted molar refractivity (Wildman–Crippen MR) is 179 cm³/mol. The van der Waals surface area contributed by atoms with Gasteiger partial charge < -0.3 is 29.7 Å². The van der Waals surface area contributed by atoms with Crippen molar-refractivity contribution >= 4 is 45.3 Å². The Morgan fingerprint density at radius 3 is 2.59 bits per heavy atom. The zero-order valence-electron chi connectivity index (χ0n) is 27.5. The van der Waals surface area contributed by atoms with Crippen molar-refractivity contribution in [2.75, 3.05) is 24.6 Å². The Balaban J connectivity index is 1.73.